The van der Waals surface area contributed by atoms with E-state index in [1.165, 1.54) is 41.3 Å². The van der Waals surface area contributed by atoms with Crippen molar-refractivity contribution >= 4 is 52.6 Å². The monoisotopic (exact) mass is 474 g/mol. The molecule has 0 spiro atoms. The van der Waals surface area contributed by atoms with Crippen LogP contribution in [0.1, 0.15) is 44.9 Å². The van der Waals surface area contributed by atoms with E-state index in [2.05, 4.69) is 6.58 Å². The standard InChI is InChI=1S/C23H20Cl2N2O5/c1-4-26(11-13(2)3)20(28)12-32-23(31)14-5-7-16-17(9-14)22(30)27(21(16)29)15-6-8-18(24)19(25)10-15/h5-10H,2,4,11-12H2,1,3H3. The van der Waals surface area contributed by atoms with Gasteiger partial charge in [-0.2, -0.15) is 0 Å². The summed E-state index contributed by atoms with van der Waals surface area (Å²) >= 11 is 11.9. The van der Waals surface area contributed by atoms with Crippen LogP contribution in [0.5, 0.6) is 0 Å². The third-order valence-electron chi connectivity index (χ3n) is 4.81. The van der Waals surface area contributed by atoms with Gasteiger partial charge in [-0.3, -0.25) is 14.4 Å². The van der Waals surface area contributed by atoms with Crippen molar-refractivity contribution in [2.75, 3.05) is 24.6 Å². The fourth-order valence-electron chi connectivity index (χ4n) is 3.23. The normalized spacial score (nSPS) is 12.6. The molecule has 32 heavy (non-hydrogen) atoms. The Morgan fingerprint density at radius 1 is 1.03 bits per heavy atom. The number of anilines is 1. The summed E-state index contributed by atoms with van der Waals surface area (Å²) in [6, 6.07) is 8.44. The lowest BCUT2D eigenvalue weighted by Crippen LogP contribution is -2.35. The topological polar surface area (TPSA) is 84.0 Å². The highest BCUT2D eigenvalue weighted by Gasteiger charge is 2.37. The van der Waals surface area contributed by atoms with Crippen LogP contribution in [0.3, 0.4) is 0 Å². The second-order valence-electron chi connectivity index (χ2n) is 7.25. The first-order valence-corrected chi connectivity index (χ1v) is 10.5. The highest BCUT2D eigenvalue weighted by Crippen LogP contribution is 2.33. The van der Waals surface area contributed by atoms with Crippen LogP contribution >= 0.6 is 23.2 Å². The minimum absolute atomic E-state index is 0.0524. The maximum absolute atomic E-state index is 12.9. The molecule has 1 aliphatic heterocycles. The largest absolute Gasteiger partial charge is 0.452 e. The number of fused-ring (bicyclic) bond motifs is 1. The molecule has 0 bridgehead atoms. The number of rotatable bonds is 7. The molecule has 0 saturated heterocycles. The molecule has 9 heteroatoms. The summed E-state index contributed by atoms with van der Waals surface area (Å²) in [4.78, 5) is 52.8. The summed E-state index contributed by atoms with van der Waals surface area (Å²) < 4.78 is 5.11. The van der Waals surface area contributed by atoms with Crippen LogP contribution in [0.15, 0.2) is 48.6 Å². The third-order valence-corrected chi connectivity index (χ3v) is 5.54. The van der Waals surface area contributed by atoms with Crippen molar-refractivity contribution in [3.8, 4) is 0 Å². The van der Waals surface area contributed by atoms with Crippen LogP contribution in [-0.2, 0) is 9.53 Å². The molecular formula is C23H20Cl2N2O5. The number of hydrogen-bond donors (Lipinski definition) is 0. The first kappa shape index (κ1) is 23.5. The van der Waals surface area contributed by atoms with Crippen molar-refractivity contribution in [3.63, 3.8) is 0 Å². The van der Waals surface area contributed by atoms with Crippen molar-refractivity contribution in [3.05, 3.63) is 75.3 Å². The van der Waals surface area contributed by atoms with Gasteiger partial charge in [-0.25, -0.2) is 9.69 Å². The van der Waals surface area contributed by atoms with Crippen LogP contribution in [0, 0.1) is 0 Å². The third kappa shape index (κ3) is 4.69. The lowest BCUT2D eigenvalue weighted by molar-refractivity contribution is -0.133. The van der Waals surface area contributed by atoms with Gasteiger partial charge in [0.25, 0.3) is 17.7 Å². The van der Waals surface area contributed by atoms with E-state index in [1.807, 2.05) is 6.92 Å². The van der Waals surface area contributed by atoms with Gasteiger partial charge in [0.15, 0.2) is 6.61 Å². The summed E-state index contributed by atoms with van der Waals surface area (Å²) in [5, 5.41) is 0.485. The van der Waals surface area contributed by atoms with Crippen molar-refractivity contribution in [1.82, 2.24) is 4.90 Å². The van der Waals surface area contributed by atoms with Gasteiger partial charge in [0.05, 0.1) is 32.4 Å². The minimum Gasteiger partial charge on any atom is -0.452 e. The van der Waals surface area contributed by atoms with Crippen molar-refractivity contribution < 1.29 is 23.9 Å². The fraction of sp³-hybridized carbons (Fsp3) is 0.217. The fourth-order valence-corrected chi connectivity index (χ4v) is 3.52. The highest BCUT2D eigenvalue weighted by atomic mass is 35.5. The summed E-state index contributed by atoms with van der Waals surface area (Å²) in [6.45, 7) is 7.75. The Bertz CT molecular complexity index is 1150. The number of imide groups is 1. The van der Waals surface area contributed by atoms with Crippen molar-refractivity contribution in [2.45, 2.75) is 13.8 Å². The summed E-state index contributed by atoms with van der Waals surface area (Å²) in [7, 11) is 0. The van der Waals surface area contributed by atoms with Gasteiger partial charge in [0, 0.05) is 13.1 Å². The Hall–Kier alpha value is -3.16. The lowest BCUT2D eigenvalue weighted by Gasteiger charge is -2.20. The number of carbonyl (C=O) groups excluding carboxylic acids is 4. The van der Waals surface area contributed by atoms with E-state index in [0.29, 0.717) is 13.1 Å². The van der Waals surface area contributed by atoms with Crippen LogP contribution in [0.25, 0.3) is 0 Å². The predicted octanol–water partition coefficient (Wildman–Crippen LogP) is 4.38. The van der Waals surface area contributed by atoms with E-state index in [1.54, 1.807) is 6.92 Å². The molecule has 0 aromatic heterocycles. The van der Waals surface area contributed by atoms with Crippen LogP contribution < -0.4 is 4.90 Å². The summed E-state index contributed by atoms with van der Waals surface area (Å²) in [5.74, 6) is -2.28. The summed E-state index contributed by atoms with van der Waals surface area (Å²) in [5.41, 5.74) is 1.32. The SMILES string of the molecule is C=C(C)CN(CC)C(=O)COC(=O)c1ccc2c(c1)C(=O)N(c1ccc(Cl)c(Cl)c1)C2=O. The van der Waals surface area contributed by atoms with Crippen LogP contribution in [0.2, 0.25) is 10.0 Å². The number of benzene rings is 2. The van der Waals surface area contributed by atoms with E-state index in [0.717, 1.165) is 10.5 Å². The number of ether oxygens (including phenoxy) is 1. The number of nitrogens with zero attached hydrogens (tertiary/aromatic N) is 2. The molecular weight excluding hydrogens is 455 g/mol. The molecule has 1 heterocycles. The van der Waals surface area contributed by atoms with Crippen molar-refractivity contribution in [2.24, 2.45) is 0 Å². The number of halogens is 2. The maximum Gasteiger partial charge on any atom is 0.338 e. The number of hydrogen-bond acceptors (Lipinski definition) is 5. The molecule has 0 unspecified atom stereocenters. The molecule has 7 nitrogen and oxygen atoms in total. The second-order valence-corrected chi connectivity index (χ2v) is 8.06. The second kappa shape index (κ2) is 9.54. The van der Waals surface area contributed by atoms with Crippen molar-refractivity contribution in [1.29, 1.82) is 0 Å². The van der Waals surface area contributed by atoms with Gasteiger partial charge in [-0.15, -0.1) is 0 Å². The van der Waals surface area contributed by atoms with Crippen LogP contribution in [0.4, 0.5) is 5.69 Å². The smallest absolute Gasteiger partial charge is 0.338 e. The molecule has 2 aromatic rings. The first-order chi connectivity index (χ1) is 15.1. The number of carbonyl (C=O) groups is 4. The molecule has 0 N–H and O–H groups in total. The molecule has 0 saturated carbocycles. The van der Waals surface area contributed by atoms with Gasteiger partial charge in [0.1, 0.15) is 0 Å². The van der Waals surface area contributed by atoms with Gasteiger partial charge in [-0.1, -0.05) is 35.4 Å². The molecule has 2 aromatic carbocycles. The number of amides is 3. The molecule has 166 valence electrons. The van der Waals surface area contributed by atoms with E-state index < -0.39 is 24.4 Å². The van der Waals surface area contributed by atoms with E-state index in [4.69, 9.17) is 27.9 Å². The number of likely N-dealkylation sites (N-methyl/N-ethyl adjacent to an activating group) is 1. The Labute approximate surface area is 195 Å². The van der Waals surface area contributed by atoms with Gasteiger partial charge >= 0.3 is 5.97 Å². The minimum atomic E-state index is -0.777. The van der Waals surface area contributed by atoms with E-state index in [9.17, 15) is 19.2 Å². The number of esters is 1. The Morgan fingerprint density at radius 3 is 2.34 bits per heavy atom. The van der Waals surface area contributed by atoms with E-state index >= 15 is 0 Å². The highest BCUT2D eigenvalue weighted by molar-refractivity contribution is 6.42. The lowest BCUT2D eigenvalue weighted by atomic mass is 10.1. The summed E-state index contributed by atoms with van der Waals surface area (Å²) in [6.07, 6.45) is 0. The quantitative estimate of drug-likeness (QED) is 0.337. The Balaban J connectivity index is 1.76. The Morgan fingerprint density at radius 2 is 1.72 bits per heavy atom. The maximum atomic E-state index is 12.9. The van der Waals surface area contributed by atoms with Gasteiger partial charge < -0.3 is 9.64 Å². The average molecular weight is 475 g/mol. The predicted molar refractivity (Wildman–Crippen MR) is 121 cm³/mol. The molecule has 0 atom stereocenters. The zero-order chi connectivity index (χ0) is 23.6. The molecule has 3 amide bonds. The Kier molecular flexibility index (Phi) is 7.01. The van der Waals surface area contributed by atoms with Gasteiger partial charge in [-0.05, 0) is 50.2 Å². The molecule has 3 rings (SSSR count). The molecule has 1 aliphatic rings. The zero-order valence-electron chi connectivity index (χ0n) is 17.5. The molecule has 0 fully saturated rings. The van der Waals surface area contributed by atoms with Gasteiger partial charge in [0.2, 0.25) is 0 Å². The van der Waals surface area contributed by atoms with E-state index in [-0.39, 0.29) is 38.3 Å². The molecule has 0 radical (unpaired) electrons. The van der Waals surface area contributed by atoms with Crippen LogP contribution in [-0.4, -0.2) is 48.3 Å². The first-order valence-electron chi connectivity index (χ1n) is 9.71. The molecule has 0 aliphatic carbocycles. The average Bonchev–Trinajstić information content (AvgIpc) is 3.01. The zero-order valence-corrected chi connectivity index (χ0v) is 19.0.